The molecule has 35 heteroatoms. The van der Waals surface area contributed by atoms with Crippen molar-refractivity contribution in [3.8, 4) is 0 Å². The van der Waals surface area contributed by atoms with Crippen molar-refractivity contribution in [2.24, 2.45) is 0 Å². The molecule has 0 amide bonds. The SMILES string of the molecule is O=S(=O)(OS(=O)(=O)C1(F)C(F)(F)C(F)(F)C(F)(C(F)(F)C(F)(F)F)C(F)(F)C1(F)F)C(F)(F)C(F)(F)C(F)(F)C(F)(F)C(F)(F)C(F)(F)F. The summed E-state index contributed by atoms with van der Waals surface area (Å²) in [7, 11) is -20.2. The average Bonchev–Trinajstić information content (AvgIpc) is 2.83. The fourth-order valence-corrected chi connectivity index (χ4v) is 6.24. The summed E-state index contributed by atoms with van der Waals surface area (Å²) in [6, 6.07) is 0. The van der Waals surface area contributed by atoms with Gasteiger partial charge in [-0.1, -0.05) is 0 Å². The van der Waals surface area contributed by atoms with Crippen LogP contribution in [0.25, 0.3) is 0 Å². The van der Waals surface area contributed by atoms with E-state index in [1.807, 2.05) is 0 Å². The van der Waals surface area contributed by atoms with E-state index in [1.54, 1.807) is 0 Å². The Labute approximate surface area is 246 Å². The number of rotatable bonds is 9. The van der Waals surface area contributed by atoms with Gasteiger partial charge in [-0.2, -0.15) is 131 Å². The molecule has 0 N–H and O–H groups in total. The fraction of sp³-hybridized carbons (Fsp3) is 1.00. The molecule has 1 fully saturated rings. The van der Waals surface area contributed by atoms with E-state index in [1.165, 1.54) is 0 Å². The highest BCUT2D eigenvalue weighted by Gasteiger charge is 3.09. The van der Waals surface area contributed by atoms with Gasteiger partial charge in [-0.25, -0.2) is 8.78 Å². The highest BCUT2D eigenvalue weighted by atomic mass is 32.3. The van der Waals surface area contributed by atoms with Gasteiger partial charge >= 0.3 is 102 Å². The van der Waals surface area contributed by atoms with Gasteiger partial charge < -0.3 is 0 Å². The van der Waals surface area contributed by atoms with Gasteiger partial charge in [0, 0.05) is 0 Å². The quantitative estimate of drug-likeness (QED) is 0.225. The van der Waals surface area contributed by atoms with Crippen LogP contribution in [0.4, 0.5) is 123 Å². The lowest BCUT2D eigenvalue weighted by Crippen LogP contribution is -2.90. The molecule has 1 aliphatic carbocycles. The van der Waals surface area contributed by atoms with Crippen LogP contribution in [0.2, 0.25) is 0 Å². The van der Waals surface area contributed by atoms with E-state index < -0.39 is 102 Å². The highest BCUT2D eigenvalue weighted by molar-refractivity contribution is 8.01. The number of hydrogen-bond donors (Lipinski definition) is 0. The molecular weight excluding hydrogens is 844 g/mol. The van der Waals surface area contributed by atoms with Crippen LogP contribution in [0.1, 0.15) is 0 Å². The van der Waals surface area contributed by atoms with Crippen LogP contribution in [0.3, 0.4) is 0 Å². The third-order valence-corrected chi connectivity index (χ3v) is 9.51. The van der Waals surface area contributed by atoms with Gasteiger partial charge in [0.25, 0.3) is 0 Å². The molecule has 49 heavy (non-hydrogen) atoms. The summed E-state index contributed by atoms with van der Waals surface area (Å²) in [5, 5.41) is -18.6. The van der Waals surface area contributed by atoms with Crippen LogP contribution in [-0.2, 0) is 23.9 Å². The zero-order valence-corrected chi connectivity index (χ0v) is 22.1. The first kappa shape index (κ1) is 44.9. The van der Waals surface area contributed by atoms with Gasteiger partial charge in [0.2, 0.25) is 0 Å². The predicted octanol–water partition coefficient (Wildman–Crippen LogP) is 7.49. The van der Waals surface area contributed by atoms with E-state index in [0.29, 0.717) is 0 Å². The van der Waals surface area contributed by atoms with E-state index in [2.05, 4.69) is 0 Å². The lowest BCUT2D eigenvalue weighted by Gasteiger charge is -2.55. The standard InChI is InChI=1S/C14F28O5S2/c15-1(4(20,21)12(35,36)37)2(16,17)7(26,27)11(34,8(28,29)3(1,18)19)48(43,44)47-49(45,46)14(41,42)10(32,33)6(24,25)5(22,23)9(30,31)13(38,39)40. The molecular formula is C14F28O5S2. The fourth-order valence-electron chi connectivity index (χ4n) is 3.25. The minimum atomic E-state index is -10.2. The zero-order valence-electron chi connectivity index (χ0n) is 20.4. The van der Waals surface area contributed by atoms with Crippen molar-refractivity contribution in [2.45, 2.75) is 81.6 Å². The molecule has 0 saturated heterocycles. The van der Waals surface area contributed by atoms with Crippen molar-refractivity contribution < 1.29 is 143 Å². The van der Waals surface area contributed by atoms with Crippen LogP contribution in [0.15, 0.2) is 0 Å². The van der Waals surface area contributed by atoms with Gasteiger partial charge in [0.15, 0.2) is 0 Å². The third-order valence-electron chi connectivity index (χ3n) is 5.99. The highest BCUT2D eigenvalue weighted by Crippen LogP contribution is 2.75. The molecule has 1 saturated carbocycles. The van der Waals surface area contributed by atoms with E-state index in [4.69, 9.17) is 0 Å². The van der Waals surface area contributed by atoms with Crippen molar-refractivity contribution in [2.75, 3.05) is 0 Å². The molecule has 294 valence electrons. The molecule has 1 rings (SSSR count). The second kappa shape index (κ2) is 10.3. The largest absolute Gasteiger partial charge is 0.460 e. The normalized spacial score (nSPS) is 27.6. The van der Waals surface area contributed by atoms with Crippen LogP contribution in [0, 0.1) is 0 Å². The Hall–Kier alpha value is -2.10. The van der Waals surface area contributed by atoms with E-state index >= 15 is 0 Å². The smallest absolute Gasteiger partial charge is 0.223 e. The van der Waals surface area contributed by atoms with Crippen LogP contribution in [0.5, 0.6) is 0 Å². The molecule has 0 aliphatic heterocycles. The minimum Gasteiger partial charge on any atom is -0.223 e. The second-order valence-electron chi connectivity index (χ2n) is 8.91. The van der Waals surface area contributed by atoms with Crippen LogP contribution in [-0.4, -0.2) is 98.4 Å². The molecule has 0 spiro atoms. The maximum atomic E-state index is 14.8. The Balaban J connectivity index is 4.19. The maximum Gasteiger partial charge on any atom is 0.460 e. The maximum absolute atomic E-state index is 14.8. The molecule has 0 aromatic carbocycles. The predicted molar refractivity (Wildman–Crippen MR) is 88.2 cm³/mol. The molecule has 0 atom stereocenters. The van der Waals surface area contributed by atoms with Crippen molar-refractivity contribution in [3.05, 3.63) is 0 Å². The summed E-state index contributed by atoms with van der Waals surface area (Å²) in [5.41, 5.74) is -9.39. The molecule has 0 unspecified atom stereocenters. The molecule has 0 radical (unpaired) electrons. The Morgan fingerprint density at radius 3 is 0.939 bits per heavy atom. The Bertz CT molecular complexity index is 1510. The van der Waals surface area contributed by atoms with Gasteiger partial charge in [-0.05, 0) is 0 Å². The van der Waals surface area contributed by atoms with Crippen LogP contribution >= 0.6 is 0 Å². The third kappa shape index (κ3) is 4.58. The first-order valence-corrected chi connectivity index (χ1v) is 12.8. The monoisotopic (exact) mass is 844 g/mol. The number of hydrogen-bond acceptors (Lipinski definition) is 5. The van der Waals surface area contributed by atoms with Gasteiger partial charge in [-0.3, -0.25) is 0 Å². The Kier molecular flexibility index (Phi) is 9.42. The molecule has 0 heterocycles. The van der Waals surface area contributed by atoms with Crippen LogP contribution < -0.4 is 0 Å². The zero-order chi connectivity index (χ0) is 40.7. The summed E-state index contributed by atoms with van der Waals surface area (Å²) in [5.74, 6) is -83.4. The molecule has 0 aromatic heterocycles. The second-order valence-corrected chi connectivity index (χ2v) is 12.3. The van der Waals surface area contributed by atoms with E-state index in [-0.39, 0.29) is 0 Å². The molecule has 0 aromatic rings. The van der Waals surface area contributed by atoms with Crippen molar-refractivity contribution in [3.63, 3.8) is 0 Å². The Morgan fingerprint density at radius 1 is 0.388 bits per heavy atom. The summed E-state index contributed by atoms with van der Waals surface area (Å²) in [4.78, 5) is 0. The number of halogens is 28. The first-order chi connectivity index (χ1) is 20.5. The average molecular weight is 844 g/mol. The summed E-state index contributed by atoms with van der Waals surface area (Å²) >= 11 is 0. The minimum absolute atomic E-state index is 1.15. The summed E-state index contributed by atoms with van der Waals surface area (Å²) in [6.07, 6.45) is -16.8. The van der Waals surface area contributed by atoms with Gasteiger partial charge in [-0.15, -0.1) is 3.63 Å². The summed E-state index contributed by atoms with van der Waals surface area (Å²) < 4.78 is 423. The van der Waals surface area contributed by atoms with Crippen molar-refractivity contribution >= 4 is 20.2 Å². The topological polar surface area (TPSA) is 77.5 Å². The summed E-state index contributed by atoms with van der Waals surface area (Å²) in [6.45, 7) is 0. The lowest BCUT2D eigenvalue weighted by molar-refractivity contribution is -0.493. The number of alkyl halides is 28. The van der Waals surface area contributed by atoms with Crippen molar-refractivity contribution in [1.29, 1.82) is 0 Å². The van der Waals surface area contributed by atoms with Gasteiger partial charge in [0.05, 0.1) is 0 Å². The van der Waals surface area contributed by atoms with Crippen molar-refractivity contribution in [1.82, 2.24) is 0 Å². The van der Waals surface area contributed by atoms with Gasteiger partial charge in [0.1, 0.15) is 0 Å². The molecule has 0 bridgehead atoms. The first-order valence-electron chi connectivity index (χ1n) is 9.95. The Morgan fingerprint density at radius 2 is 0.673 bits per heavy atom. The molecule has 1 aliphatic rings. The molecule has 5 nitrogen and oxygen atoms in total. The lowest BCUT2D eigenvalue weighted by atomic mass is 9.69. The van der Waals surface area contributed by atoms with E-state index in [9.17, 15) is 140 Å². The van der Waals surface area contributed by atoms with E-state index in [0.717, 1.165) is 3.63 Å².